The van der Waals surface area contributed by atoms with E-state index >= 15 is 0 Å². The van der Waals surface area contributed by atoms with E-state index in [4.69, 9.17) is 0 Å². The number of nitro benzene ring substituents is 1. The number of nitrogens with zero attached hydrogens (tertiary/aromatic N) is 1. The summed E-state index contributed by atoms with van der Waals surface area (Å²) in [6.45, 7) is 10.2. The van der Waals surface area contributed by atoms with E-state index < -0.39 is 0 Å². The third-order valence-corrected chi connectivity index (χ3v) is 5.25. The highest BCUT2D eigenvalue weighted by Crippen LogP contribution is 2.17. The molecule has 2 unspecified atom stereocenters. The van der Waals surface area contributed by atoms with Crippen molar-refractivity contribution >= 4 is 17.4 Å². The van der Waals surface area contributed by atoms with Gasteiger partial charge in [0.2, 0.25) is 0 Å². The number of nitrogens with one attached hydrogen (secondary N) is 2. The number of nitro groups is 1. The van der Waals surface area contributed by atoms with Gasteiger partial charge in [-0.05, 0) is 32.4 Å². The number of benzene rings is 1. The van der Waals surface area contributed by atoms with Gasteiger partial charge in [0.25, 0.3) is 5.69 Å². The first kappa shape index (κ1) is 17.2. The molecule has 0 spiro atoms. The van der Waals surface area contributed by atoms with Crippen LogP contribution in [0.25, 0.3) is 0 Å². The summed E-state index contributed by atoms with van der Waals surface area (Å²) in [4.78, 5) is 12.1. The summed E-state index contributed by atoms with van der Waals surface area (Å²) in [7, 11) is 0. The number of thioether (sulfide) groups is 1. The fourth-order valence-electron chi connectivity index (χ4n) is 3.04. The number of quaternary nitrogens is 1. The lowest BCUT2D eigenvalue weighted by atomic mass is 10.1. The zero-order chi connectivity index (χ0) is 15.9. The summed E-state index contributed by atoms with van der Waals surface area (Å²) < 4.78 is 0. The summed E-state index contributed by atoms with van der Waals surface area (Å²) in [5.41, 5.74) is 1.20. The van der Waals surface area contributed by atoms with Crippen molar-refractivity contribution in [1.82, 2.24) is 5.32 Å². The summed E-state index contributed by atoms with van der Waals surface area (Å²) in [6.07, 6.45) is 0.833. The Labute approximate surface area is 136 Å². The van der Waals surface area contributed by atoms with Gasteiger partial charge in [-0.3, -0.25) is 10.1 Å². The van der Waals surface area contributed by atoms with E-state index in [-0.39, 0.29) is 10.6 Å². The molecular weight excluding hydrogens is 298 g/mol. The molecule has 0 radical (unpaired) electrons. The zero-order valence-corrected chi connectivity index (χ0v) is 14.2. The van der Waals surface area contributed by atoms with Crippen molar-refractivity contribution in [3.8, 4) is 0 Å². The molecule has 2 rings (SSSR count). The SMILES string of the molecule is CC1C[NH+](CCNCCc2cccc([N+](=O)[O-])c2)CC(C)S1. The van der Waals surface area contributed by atoms with Crippen LogP contribution in [-0.2, 0) is 6.42 Å². The van der Waals surface area contributed by atoms with Crippen LogP contribution in [0.15, 0.2) is 24.3 Å². The Morgan fingerprint density at radius 1 is 1.32 bits per heavy atom. The van der Waals surface area contributed by atoms with Gasteiger partial charge < -0.3 is 10.2 Å². The molecule has 1 heterocycles. The number of hydrogen-bond donors (Lipinski definition) is 2. The van der Waals surface area contributed by atoms with Crippen LogP contribution in [0.5, 0.6) is 0 Å². The number of rotatable bonds is 7. The largest absolute Gasteiger partial charge is 0.332 e. The third-order valence-electron chi connectivity index (χ3n) is 3.98. The van der Waals surface area contributed by atoms with Crippen LogP contribution in [0.3, 0.4) is 0 Å². The summed E-state index contributed by atoms with van der Waals surface area (Å²) >= 11 is 2.09. The number of non-ortho nitro benzene ring substituents is 1. The minimum Gasteiger partial charge on any atom is -0.332 e. The molecule has 1 saturated heterocycles. The maximum absolute atomic E-state index is 10.7. The molecule has 1 aliphatic heterocycles. The Hall–Kier alpha value is -1.11. The van der Waals surface area contributed by atoms with Crippen molar-refractivity contribution in [2.24, 2.45) is 0 Å². The van der Waals surface area contributed by atoms with Crippen LogP contribution >= 0.6 is 11.8 Å². The molecule has 1 aliphatic rings. The van der Waals surface area contributed by atoms with Crippen LogP contribution in [0, 0.1) is 10.1 Å². The van der Waals surface area contributed by atoms with Gasteiger partial charge in [0.05, 0.1) is 35.1 Å². The van der Waals surface area contributed by atoms with Crippen molar-refractivity contribution in [3.63, 3.8) is 0 Å². The third kappa shape index (κ3) is 5.59. The molecule has 0 saturated carbocycles. The standard InChI is InChI=1S/C16H25N3O2S/c1-13-11-18(12-14(2)22-13)9-8-17-7-6-15-4-3-5-16(10-15)19(20)21/h3-5,10,13-14,17H,6-9,11-12H2,1-2H3/p+1. The van der Waals surface area contributed by atoms with Gasteiger partial charge in [-0.25, -0.2) is 0 Å². The van der Waals surface area contributed by atoms with Gasteiger partial charge >= 0.3 is 0 Å². The molecule has 2 N–H and O–H groups in total. The lowest BCUT2D eigenvalue weighted by Gasteiger charge is -2.31. The lowest BCUT2D eigenvalue weighted by molar-refractivity contribution is -0.899. The van der Waals surface area contributed by atoms with Crippen LogP contribution in [-0.4, -0.2) is 48.1 Å². The van der Waals surface area contributed by atoms with Gasteiger partial charge in [0.15, 0.2) is 0 Å². The summed E-state index contributed by atoms with van der Waals surface area (Å²) in [5, 5.41) is 15.7. The van der Waals surface area contributed by atoms with Gasteiger partial charge in [-0.1, -0.05) is 12.1 Å². The first-order chi connectivity index (χ1) is 10.5. The second-order valence-electron chi connectivity index (χ2n) is 6.09. The molecule has 2 atom stereocenters. The second-order valence-corrected chi connectivity index (χ2v) is 7.97. The molecule has 22 heavy (non-hydrogen) atoms. The zero-order valence-electron chi connectivity index (χ0n) is 13.4. The fourth-order valence-corrected chi connectivity index (χ4v) is 4.50. The predicted molar refractivity (Wildman–Crippen MR) is 91.7 cm³/mol. The van der Waals surface area contributed by atoms with E-state index in [2.05, 4.69) is 30.9 Å². The van der Waals surface area contributed by atoms with E-state index in [0.29, 0.717) is 0 Å². The molecule has 0 aromatic heterocycles. The van der Waals surface area contributed by atoms with Gasteiger partial charge in [0, 0.05) is 18.7 Å². The average Bonchev–Trinajstić information content (AvgIpc) is 2.46. The molecule has 5 nitrogen and oxygen atoms in total. The molecule has 0 amide bonds. The van der Waals surface area contributed by atoms with Crippen LogP contribution in [0.2, 0.25) is 0 Å². The molecule has 6 heteroatoms. The van der Waals surface area contributed by atoms with E-state index in [1.807, 2.05) is 6.07 Å². The minimum atomic E-state index is -0.336. The first-order valence-electron chi connectivity index (χ1n) is 7.97. The monoisotopic (exact) mass is 324 g/mol. The maximum Gasteiger partial charge on any atom is 0.269 e. The summed E-state index contributed by atoms with van der Waals surface area (Å²) in [5.74, 6) is 0. The quantitative estimate of drug-likeness (QED) is 0.448. The van der Waals surface area contributed by atoms with E-state index in [0.717, 1.165) is 42.1 Å². The van der Waals surface area contributed by atoms with E-state index in [1.165, 1.54) is 19.2 Å². The lowest BCUT2D eigenvalue weighted by Crippen LogP contribution is -3.15. The molecule has 0 aliphatic carbocycles. The van der Waals surface area contributed by atoms with Crippen LogP contribution in [0.1, 0.15) is 19.4 Å². The maximum atomic E-state index is 10.7. The summed E-state index contributed by atoms with van der Waals surface area (Å²) in [6, 6.07) is 6.91. The highest BCUT2D eigenvalue weighted by Gasteiger charge is 2.24. The Balaban J connectivity index is 1.65. The average molecular weight is 324 g/mol. The Morgan fingerprint density at radius 2 is 2.05 bits per heavy atom. The Kier molecular flexibility index (Phi) is 6.67. The molecule has 122 valence electrons. The Morgan fingerprint density at radius 3 is 2.73 bits per heavy atom. The van der Waals surface area contributed by atoms with Gasteiger partial charge in [-0.2, -0.15) is 0 Å². The minimum absolute atomic E-state index is 0.177. The van der Waals surface area contributed by atoms with Crippen LogP contribution < -0.4 is 10.2 Å². The topological polar surface area (TPSA) is 59.6 Å². The van der Waals surface area contributed by atoms with Crippen LogP contribution in [0.4, 0.5) is 5.69 Å². The van der Waals surface area contributed by atoms with Crippen molar-refractivity contribution in [2.75, 3.05) is 32.7 Å². The Bertz CT molecular complexity index is 488. The van der Waals surface area contributed by atoms with Crippen molar-refractivity contribution in [2.45, 2.75) is 30.8 Å². The van der Waals surface area contributed by atoms with Gasteiger partial charge in [0.1, 0.15) is 0 Å². The fraction of sp³-hybridized carbons (Fsp3) is 0.625. The van der Waals surface area contributed by atoms with Gasteiger partial charge in [-0.15, -0.1) is 11.8 Å². The number of hydrogen-bond acceptors (Lipinski definition) is 4. The molecule has 1 aromatic carbocycles. The van der Waals surface area contributed by atoms with Crippen molar-refractivity contribution in [1.29, 1.82) is 0 Å². The van der Waals surface area contributed by atoms with E-state index in [1.54, 1.807) is 17.0 Å². The second kappa shape index (κ2) is 8.50. The van der Waals surface area contributed by atoms with Crippen molar-refractivity contribution < 1.29 is 9.82 Å². The highest BCUT2D eigenvalue weighted by molar-refractivity contribution is 8.00. The predicted octanol–water partition coefficient (Wildman–Crippen LogP) is 1.14. The highest BCUT2D eigenvalue weighted by atomic mass is 32.2. The smallest absolute Gasteiger partial charge is 0.269 e. The molecular formula is C16H26N3O2S+. The molecule has 0 bridgehead atoms. The normalized spacial score (nSPS) is 25.1. The first-order valence-corrected chi connectivity index (χ1v) is 8.92. The van der Waals surface area contributed by atoms with E-state index in [9.17, 15) is 10.1 Å². The molecule has 1 aromatic rings. The van der Waals surface area contributed by atoms with Crippen molar-refractivity contribution in [3.05, 3.63) is 39.9 Å². The molecule has 1 fully saturated rings.